The highest BCUT2D eigenvalue weighted by atomic mass is 32.2. The summed E-state index contributed by atoms with van der Waals surface area (Å²) in [5.74, 6) is 0.0937. The Balaban J connectivity index is 1.41. The number of benzene rings is 1. The fraction of sp³-hybridized carbons (Fsp3) is 0.364. The van der Waals surface area contributed by atoms with Crippen molar-refractivity contribution in [3.8, 4) is 11.3 Å². The largest absolute Gasteiger partial charge is 0.267 e. The van der Waals surface area contributed by atoms with Gasteiger partial charge in [-0.15, -0.1) is 0 Å². The molecule has 0 radical (unpaired) electrons. The second kappa shape index (κ2) is 8.88. The Labute approximate surface area is 172 Å². The minimum Gasteiger partial charge on any atom is -0.267 e. The molecule has 0 amide bonds. The van der Waals surface area contributed by atoms with Crippen molar-refractivity contribution >= 4 is 10.0 Å². The summed E-state index contributed by atoms with van der Waals surface area (Å²) < 4.78 is 29.4. The molecule has 0 bridgehead atoms. The van der Waals surface area contributed by atoms with Gasteiger partial charge in [-0.3, -0.25) is 9.67 Å². The lowest BCUT2D eigenvalue weighted by atomic mass is 9.94. The Morgan fingerprint density at radius 2 is 1.76 bits per heavy atom. The topological polar surface area (TPSA) is 76.9 Å². The van der Waals surface area contributed by atoms with Gasteiger partial charge in [-0.2, -0.15) is 5.10 Å². The third kappa shape index (κ3) is 4.92. The van der Waals surface area contributed by atoms with E-state index in [4.69, 9.17) is 5.10 Å². The highest BCUT2D eigenvalue weighted by Crippen LogP contribution is 2.30. The number of nitrogens with one attached hydrogen (secondary N) is 1. The van der Waals surface area contributed by atoms with Gasteiger partial charge >= 0.3 is 0 Å². The molecular formula is C22H26N4O2S. The SMILES string of the molecule is O=S(=O)(CCc1ccccc1)NCCn1nc(-c2ccncc2)c2c1CCCC2. The molecular weight excluding hydrogens is 384 g/mol. The molecule has 3 aromatic rings. The number of nitrogens with zero attached hydrogens (tertiary/aromatic N) is 3. The van der Waals surface area contributed by atoms with Crippen LogP contribution in [0.15, 0.2) is 54.9 Å². The number of hydrogen-bond donors (Lipinski definition) is 1. The van der Waals surface area contributed by atoms with Crippen LogP contribution >= 0.6 is 0 Å². The highest BCUT2D eigenvalue weighted by Gasteiger charge is 2.21. The minimum atomic E-state index is -3.32. The van der Waals surface area contributed by atoms with Gasteiger partial charge in [0.05, 0.1) is 18.0 Å². The zero-order valence-corrected chi connectivity index (χ0v) is 17.2. The number of aryl methyl sites for hydroxylation is 1. The maximum Gasteiger partial charge on any atom is 0.211 e. The molecule has 1 aliphatic carbocycles. The zero-order valence-electron chi connectivity index (χ0n) is 16.4. The van der Waals surface area contributed by atoms with E-state index in [2.05, 4.69) is 9.71 Å². The Morgan fingerprint density at radius 3 is 2.55 bits per heavy atom. The average molecular weight is 411 g/mol. The van der Waals surface area contributed by atoms with Crippen LogP contribution in [-0.2, 0) is 35.8 Å². The van der Waals surface area contributed by atoms with Gasteiger partial charge < -0.3 is 0 Å². The lowest BCUT2D eigenvalue weighted by Gasteiger charge is -2.14. The van der Waals surface area contributed by atoms with Gasteiger partial charge in [0.2, 0.25) is 10.0 Å². The first-order valence-corrected chi connectivity index (χ1v) is 11.8. The molecule has 29 heavy (non-hydrogen) atoms. The molecule has 7 heteroatoms. The first kappa shape index (κ1) is 19.8. The van der Waals surface area contributed by atoms with E-state index in [1.807, 2.05) is 47.1 Å². The van der Waals surface area contributed by atoms with Crippen LogP contribution in [0.5, 0.6) is 0 Å². The van der Waals surface area contributed by atoms with Crippen LogP contribution in [-0.4, -0.2) is 35.5 Å². The van der Waals surface area contributed by atoms with Crippen molar-refractivity contribution in [2.75, 3.05) is 12.3 Å². The van der Waals surface area contributed by atoms with Crippen molar-refractivity contribution < 1.29 is 8.42 Å². The summed E-state index contributed by atoms with van der Waals surface area (Å²) in [5, 5.41) is 4.83. The normalized spacial score (nSPS) is 13.9. The van der Waals surface area contributed by atoms with Crippen molar-refractivity contribution in [1.29, 1.82) is 0 Å². The molecule has 0 aliphatic heterocycles. The first-order valence-electron chi connectivity index (χ1n) is 10.1. The molecule has 6 nitrogen and oxygen atoms in total. The molecule has 0 fully saturated rings. The molecule has 4 rings (SSSR count). The molecule has 1 N–H and O–H groups in total. The van der Waals surface area contributed by atoms with Crippen LogP contribution in [0.1, 0.15) is 29.7 Å². The predicted octanol–water partition coefficient (Wildman–Crippen LogP) is 2.99. The third-order valence-electron chi connectivity index (χ3n) is 5.36. The Bertz CT molecular complexity index is 1050. The number of sulfonamides is 1. The molecule has 0 atom stereocenters. The maximum atomic E-state index is 12.4. The van der Waals surface area contributed by atoms with Crippen LogP contribution < -0.4 is 4.72 Å². The van der Waals surface area contributed by atoms with Crippen LogP contribution in [0.25, 0.3) is 11.3 Å². The first-order chi connectivity index (χ1) is 14.1. The molecule has 0 saturated heterocycles. The monoisotopic (exact) mass is 410 g/mol. The molecule has 2 aromatic heterocycles. The van der Waals surface area contributed by atoms with Crippen molar-refractivity contribution in [2.24, 2.45) is 0 Å². The maximum absolute atomic E-state index is 12.4. The molecule has 2 heterocycles. The van der Waals surface area contributed by atoms with Crippen LogP contribution in [0.3, 0.4) is 0 Å². The smallest absolute Gasteiger partial charge is 0.211 e. The molecule has 152 valence electrons. The average Bonchev–Trinajstić information content (AvgIpc) is 3.13. The fourth-order valence-corrected chi connectivity index (χ4v) is 4.92. The van der Waals surface area contributed by atoms with Gasteiger partial charge in [-0.1, -0.05) is 30.3 Å². The summed E-state index contributed by atoms with van der Waals surface area (Å²) >= 11 is 0. The van der Waals surface area contributed by atoms with E-state index in [0.717, 1.165) is 36.1 Å². The molecule has 1 aromatic carbocycles. The van der Waals surface area contributed by atoms with E-state index in [1.165, 1.54) is 17.7 Å². The fourth-order valence-electron chi connectivity index (χ4n) is 3.87. The van der Waals surface area contributed by atoms with Gasteiger partial charge in [0.1, 0.15) is 0 Å². The summed E-state index contributed by atoms with van der Waals surface area (Å²) in [5.41, 5.74) is 5.65. The summed E-state index contributed by atoms with van der Waals surface area (Å²) in [7, 11) is -3.32. The van der Waals surface area contributed by atoms with Gasteiger partial charge in [-0.05, 0) is 49.8 Å². The predicted molar refractivity (Wildman–Crippen MR) is 114 cm³/mol. The van der Waals surface area contributed by atoms with Crippen LogP contribution in [0.2, 0.25) is 0 Å². The molecule has 0 saturated carbocycles. The standard InChI is InChI=1S/C22H26N4O2S/c27-29(28,17-12-18-6-2-1-3-7-18)24-15-16-26-21-9-5-4-8-20(21)22(25-26)19-10-13-23-14-11-19/h1-3,6-7,10-11,13-14,24H,4-5,8-9,12,15-17H2. The second-order valence-electron chi connectivity index (χ2n) is 7.39. The number of hydrogen-bond acceptors (Lipinski definition) is 4. The molecule has 0 spiro atoms. The van der Waals surface area contributed by atoms with E-state index >= 15 is 0 Å². The molecule has 1 aliphatic rings. The highest BCUT2D eigenvalue weighted by molar-refractivity contribution is 7.89. The lowest BCUT2D eigenvalue weighted by Crippen LogP contribution is -2.31. The summed E-state index contributed by atoms with van der Waals surface area (Å²) in [6.45, 7) is 0.888. The Morgan fingerprint density at radius 1 is 1.00 bits per heavy atom. The van der Waals surface area contributed by atoms with E-state index in [9.17, 15) is 8.42 Å². The number of aromatic nitrogens is 3. The number of fused-ring (bicyclic) bond motifs is 1. The lowest BCUT2D eigenvalue weighted by molar-refractivity contribution is 0.538. The summed E-state index contributed by atoms with van der Waals surface area (Å²) in [6, 6.07) is 13.6. The Kier molecular flexibility index (Phi) is 6.06. The van der Waals surface area contributed by atoms with Crippen molar-refractivity contribution in [3.05, 3.63) is 71.7 Å². The summed E-state index contributed by atoms with van der Waals surface area (Å²) in [4.78, 5) is 4.09. The van der Waals surface area contributed by atoms with E-state index in [1.54, 1.807) is 12.4 Å². The van der Waals surface area contributed by atoms with Crippen LogP contribution in [0.4, 0.5) is 0 Å². The zero-order chi connectivity index (χ0) is 20.1. The van der Waals surface area contributed by atoms with E-state index in [-0.39, 0.29) is 5.75 Å². The van der Waals surface area contributed by atoms with Crippen molar-refractivity contribution in [2.45, 2.75) is 38.6 Å². The number of rotatable bonds is 8. The van der Waals surface area contributed by atoms with E-state index in [0.29, 0.717) is 19.5 Å². The Hall–Kier alpha value is -2.51. The van der Waals surface area contributed by atoms with Gasteiger partial charge in [0.25, 0.3) is 0 Å². The number of pyridine rings is 1. The van der Waals surface area contributed by atoms with Gasteiger partial charge in [0, 0.05) is 35.8 Å². The molecule has 0 unspecified atom stereocenters. The van der Waals surface area contributed by atoms with E-state index < -0.39 is 10.0 Å². The van der Waals surface area contributed by atoms with Crippen molar-refractivity contribution in [1.82, 2.24) is 19.5 Å². The third-order valence-corrected chi connectivity index (χ3v) is 6.74. The summed E-state index contributed by atoms with van der Waals surface area (Å²) in [6.07, 6.45) is 8.42. The van der Waals surface area contributed by atoms with Crippen molar-refractivity contribution in [3.63, 3.8) is 0 Å². The van der Waals surface area contributed by atoms with Gasteiger partial charge in [-0.25, -0.2) is 13.1 Å². The quantitative estimate of drug-likeness (QED) is 0.619. The van der Waals surface area contributed by atoms with Gasteiger partial charge in [0.15, 0.2) is 0 Å². The minimum absolute atomic E-state index is 0.0937. The second-order valence-corrected chi connectivity index (χ2v) is 9.32. The van der Waals surface area contributed by atoms with Crippen LogP contribution in [0, 0.1) is 0 Å².